The number of amides is 2. The lowest BCUT2D eigenvalue weighted by molar-refractivity contribution is -0.142. The standard InChI is InChI=1S/C23H28FN3O2/c1-25(2)22(19-9-4-3-5-10-19)23(29)27-16-14-26(15-17-27)21(28)13-12-18-8-6-7-11-20(18)24/h3-11,22H,12-17H2,1-2H3. The van der Waals surface area contributed by atoms with Crippen molar-refractivity contribution in [1.29, 1.82) is 0 Å². The Hall–Kier alpha value is -2.73. The molecule has 1 fully saturated rings. The van der Waals surface area contributed by atoms with Crippen molar-refractivity contribution < 1.29 is 14.0 Å². The van der Waals surface area contributed by atoms with Gasteiger partial charge in [0, 0.05) is 32.6 Å². The Morgan fingerprint density at radius 3 is 2.14 bits per heavy atom. The second kappa shape index (κ2) is 9.65. The van der Waals surface area contributed by atoms with Crippen LogP contribution < -0.4 is 0 Å². The van der Waals surface area contributed by atoms with Gasteiger partial charge in [0.15, 0.2) is 0 Å². The van der Waals surface area contributed by atoms with Gasteiger partial charge >= 0.3 is 0 Å². The van der Waals surface area contributed by atoms with Gasteiger partial charge in [-0.3, -0.25) is 14.5 Å². The van der Waals surface area contributed by atoms with E-state index in [0.717, 1.165) is 5.56 Å². The van der Waals surface area contributed by atoms with Crippen LogP contribution in [-0.2, 0) is 16.0 Å². The molecule has 2 aromatic carbocycles. The van der Waals surface area contributed by atoms with Crippen LogP contribution in [0.5, 0.6) is 0 Å². The number of halogens is 1. The van der Waals surface area contributed by atoms with Gasteiger partial charge in [-0.2, -0.15) is 0 Å². The molecule has 0 spiro atoms. The highest BCUT2D eigenvalue weighted by Gasteiger charge is 2.31. The van der Waals surface area contributed by atoms with E-state index in [4.69, 9.17) is 0 Å². The SMILES string of the molecule is CN(C)C(C(=O)N1CCN(C(=O)CCc2ccccc2F)CC1)c1ccccc1. The van der Waals surface area contributed by atoms with Crippen molar-refractivity contribution in [3.63, 3.8) is 0 Å². The van der Waals surface area contributed by atoms with Gasteiger partial charge in [-0.1, -0.05) is 48.5 Å². The summed E-state index contributed by atoms with van der Waals surface area (Å²) in [6.07, 6.45) is 0.667. The highest BCUT2D eigenvalue weighted by atomic mass is 19.1. The van der Waals surface area contributed by atoms with Crippen LogP contribution in [0.3, 0.4) is 0 Å². The fraction of sp³-hybridized carbons (Fsp3) is 0.391. The minimum Gasteiger partial charge on any atom is -0.339 e. The largest absolute Gasteiger partial charge is 0.339 e. The average Bonchev–Trinajstić information content (AvgIpc) is 2.73. The highest BCUT2D eigenvalue weighted by molar-refractivity contribution is 5.84. The molecule has 0 aromatic heterocycles. The van der Waals surface area contributed by atoms with E-state index in [1.165, 1.54) is 6.07 Å². The summed E-state index contributed by atoms with van der Waals surface area (Å²) in [7, 11) is 3.80. The Morgan fingerprint density at radius 2 is 1.52 bits per heavy atom. The Balaban J connectivity index is 1.54. The molecule has 0 N–H and O–H groups in total. The van der Waals surface area contributed by atoms with Crippen molar-refractivity contribution in [2.45, 2.75) is 18.9 Å². The predicted octanol–water partition coefficient (Wildman–Crippen LogP) is 2.73. The van der Waals surface area contributed by atoms with Crippen molar-refractivity contribution in [2.24, 2.45) is 0 Å². The molecule has 5 nitrogen and oxygen atoms in total. The second-order valence-corrected chi connectivity index (χ2v) is 7.57. The number of hydrogen-bond acceptors (Lipinski definition) is 3. The van der Waals surface area contributed by atoms with Crippen LogP contribution in [0, 0.1) is 5.82 Å². The van der Waals surface area contributed by atoms with Gasteiger partial charge in [-0.15, -0.1) is 0 Å². The van der Waals surface area contributed by atoms with Crippen LogP contribution in [0.25, 0.3) is 0 Å². The summed E-state index contributed by atoms with van der Waals surface area (Å²) in [6.45, 7) is 2.05. The van der Waals surface area contributed by atoms with Crippen molar-refractivity contribution in [3.05, 3.63) is 71.5 Å². The number of nitrogens with zero attached hydrogens (tertiary/aromatic N) is 3. The quantitative estimate of drug-likeness (QED) is 0.753. The average molecular weight is 397 g/mol. The third-order valence-electron chi connectivity index (χ3n) is 5.38. The van der Waals surface area contributed by atoms with Gasteiger partial charge in [0.2, 0.25) is 11.8 Å². The maximum Gasteiger partial charge on any atom is 0.244 e. The zero-order chi connectivity index (χ0) is 20.8. The monoisotopic (exact) mass is 397 g/mol. The highest BCUT2D eigenvalue weighted by Crippen LogP contribution is 2.22. The van der Waals surface area contributed by atoms with Gasteiger partial charge in [0.25, 0.3) is 0 Å². The van der Waals surface area contributed by atoms with E-state index in [0.29, 0.717) is 38.2 Å². The van der Waals surface area contributed by atoms with Gasteiger partial charge in [-0.05, 0) is 37.7 Å². The topological polar surface area (TPSA) is 43.9 Å². The number of piperazine rings is 1. The molecule has 0 radical (unpaired) electrons. The fourth-order valence-corrected chi connectivity index (χ4v) is 3.75. The molecule has 0 saturated carbocycles. The van der Waals surface area contributed by atoms with E-state index in [-0.39, 0.29) is 30.1 Å². The minimum atomic E-state index is -0.334. The summed E-state index contributed by atoms with van der Waals surface area (Å²) in [6, 6.07) is 16.0. The summed E-state index contributed by atoms with van der Waals surface area (Å²) in [5, 5.41) is 0. The maximum absolute atomic E-state index is 13.7. The van der Waals surface area contributed by atoms with E-state index in [1.807, 2.05) is 54.2 Å². The maximum atomic E-state index is 13.7. The molecule has 1 aliphatic heterocycles. The van der Waals surface area contributed by atoms with Crippen molar-refractivity contribution in [3.8, 4) is 0 Å². The minimum absolute atomic E-state index is 0.00701. The Kier molecular flexibility index (Phi) is 6.99. The summed E-state index contributed by atoms with van der Waals surface area (Å²) in [5.41, 5.74) is 1.53. The first kappa shape index (κ1) is 21.0. The fourth-order valence-electron chi connectivity index (χ4n) is 3.75. The summed E-state index contributed by atoms with van der Waals surface area (Å²) in [4.78, 5) is 31.1. The molecule has 0 aliphatic carbocycles. The third kappa shape index (κ3) is 5.21. The third-order valence-corrected chi connectivity index (χ3v) is 5.38. The number of aryl methyl sites for hydroxylation is 1. The molecule has 1 aliphatic rings. The molecule has 154 valence electrons. The van der Waals surface area contributed by atoms with Crippen LogP contribution in [0.2, 0.25) is 0 Å². The number of hydrogen-bond donors (Lipinski definition) is 0. The normalized spacial score (nSPS) is 15.4. The van der Waals surface area contributed by atoms with E-state index >= 15 is 0 Å². The molecular weight excluding hydrogens is 369 g/mol. The van der Waals surface area contributed by atoms with Gasteiger partial charge in [0.05, 0.1) is 0 Å². The van der Waals surface area contributed by atoms with Crippen LogP contribution >= 0.6 is 0 Å². The summed E-state index contributed by atoms with van der Waals surface area (Å²) >= 11 is 0. The molecular formula is C23H28FN3O2. The van der Waals surface area contributed by atoms with E-state index in [9.17, 15) is 14.0 Å². The van der Waals surface area contributed by atoms with Crippen LogP contribution in [0.15, 0.2) is 54.6 Å². The summed E-state index contributed by atoms with van der Waals surface area (Å²) in [5.74, 6) is -0.210. The zero-order valence-corrected chi connectivity index (χ0v) is 17.1. The molecule has 3 rings (SSSR count). The molecule has 1 heterocycles. The number of likely N-dealkylation sites (N-methyl/N-ethyl adjacent to an activating group) is 1. The van der Waals surface area contributed by atoms with Crippen molar-refractivity contribution in [1.82, 2.24) is 14.7 Å². The predicted molar refractivity (Wildman–Crippen MR) is 111 cm³/mol. The molecule has 0 bridgehead atoms. The first-order valence-electron chi connectivity index (χ1n) is 9.98. The number of carbonyl (C=O) groups excluding carboxylic acids is 2. The lowest BCUT2D eigenvalue weighted by Crippen LogP contribution is -2.52. The first-order valence-corrected chi connectivity index (χ1v) is 9.98. The molecule has 29 heavy (non-hydrogen) atoms. The Morgan fingerprint density at radius 1 is 0.931 bits per heavy atom. The van der Waals surface area contributed by atoms with Gasteiger partial charge in [-0.25, -0.2) is 4.39 Å². The molecule has 2 amide bonds. The van der Waals surface area contributed by atoms with Gasteiger partial charge < -0.3 is 9.80 Å². The zero-order valence-electron chi connectivity index (χ0n) is 17.1. The van der Waals surface area contributed by atoms with E-state index in [2.05, 4.69) is 0 Å². The molecule has 2 aromatic rings. The lowest BCUT2D eigenvalue weighted by Gasteiger charge is -2.37. The Labute approximate surface area is 171 Å². The summed E-state index contributed by atoms with van der Waals surface area (Å²) < 4.78 is 13.7. The van der Waals surface area contributed by atoms with E-state index in [1.54, 1.807) is 23.1 Å². The molecule has 1 unspecified atom stereocenters. The molecule has 6 heteroatoms. The van der Waals surface area contributed by atoms with Crippen LogP contribution in [-0.4, -0.2) is 66.8 Å². The van der Waals surface area contributed by atoms with Crippen LogP contribution in [0.1, 0.15) is 23.6 Å². The molecule has 1 saturated heterocycles. The van der Waals surface area contributed by atoms with E-state index < -0.39 is 0 Å². The lowest BCUT2D eigenvalue weighted by atomic mass is 10.0. The molecule has 1 atom stereocenters. The Bertz CT molecular complexity index is 833. The second-order valence-electron chi connectivity index (χ2n) is 7.57. The van der Waals surface area contributed by atoms with Crippen molar-refractivity contribution in [2.75, 3.05) is 40.3 Å². The van der Waals surface area contributed by atoms with Crippen molar-refractivity contribution >= 4 is 11.8 Å². The first-order chi connectivity index (χ1) is 14.0. The van der Waals surface area contributed by atoms with Crippen LogP contribution in [0.4, 0.5) is 4.39 Å². The van der Waals surface area contributed by atoms with Gasteiger partial charge in [0.1, 0.15) is 11.9 Å². The number of benzene rings is 2. The number of carbonyl (C=O) groups is 2. The smallest absolute Gasteiger partial charge is 0.244 e. The number of rotatable bonds is 6.